The van der Waals surface area contributed by atoms with Crippen LogP contribution in [-0.2, 0) is 7.05 Å². The molecule has 0 fully saturated rings. The van der Waals surface area contributed by atoms with E-state index in [2.05, 4.69) is 59.2 Å². The summed E-state index contributed by atoms with van der Waals surface area (Å²) in [6, 6.07) is 25.1. The van der Waals surface area contributed by atoms with Gasteiger partial charge in [-0.25, -0.2) is 0 Å². The van der Waals surface area contributed by atoms with Crippen molar-refractivity contribution in [1.29, 1.82) is 5.26 Å². The number of hydrogen-bond donors (Lipinski definition) is 0. The van der Waals surface area contributed by atoms with Crippen LogP contribution in [0.3, 0.4) is 0 Å². The quantitative estimate of drug-likeness (QED) is 0.489. The van der Waals surface area contributed by atoms with Crippen LogP contribution in [0.5, 0.6) is 0 Å². The van der Waals surface area contributed by atoms with E-state index in [4.69, 9.17) is 0 Å². The third-order valence-electron chi connectivity index (χ3n) is 4.25. The lowest BCUT2D eigenvalue weighted by atomic mass is 10.0. The Morgan fingerprint density at radius 1 is 0.818 bits per heavy atom. The van der Waals surface area contributed by atoms with Gasteiger partial charge in [-0.1, -0.05) is 48.5 Å². The fraction of sp³-hybridized carbons (Fsp3) is 0.0500. The molecule has 0 spiro atoms. The number of para-hydroxylation sites is 1. The smallest absolute Gasteiger partial charge is 0.101 e. The van der Waals surface area contributed by atoms with Gasteiger partial charge in [-0.3, -0.25) is 0 Å². The van der Waals surface area contributed by atoms with Crippen molar-refractivity contribution in [3.05, 3.63) is 72.3 Å². The molecule has 4 rings (SSSR count). The van der Waals surface area contributed by atoms with Crippen LogP contribution in [0.1, 0.15) is 5.56 Å². The first-order chi connectivity index (χ1) is 10.8. The molecule has 0 aliphatic heterocycles. The zero-order valence-electron chi connectivity index (χ0n) is 12.2. The monoisotopic (exact) mass is 282 g/mol. The highest BCUT2D eigenvalue weighted by Gasteiger charge is 2.12. The van der Waals surface area contributed by atoms with Crippen LogP contribution in [0.2, 0.25) is 0 Å². The summed E-state index contributed by atoms with van der Waals surface area (Å²) >= 11 is 0. The molecule has 0 aliphatic carbocycles. The van der Waals surface area contributed by atoms with Crippen LogP contribution in [0, 0.1) is 11.3 Å². The molecule has 0 unspecified atom stereocenters. The third-order valence-corrected chi connectivity index (χ3v) is 4.25. The summed E-state index contributed by atoms with van der Waals surface area (Å²) in [6.45, 7) is 0. The van der Waals surface area contributed by atoms with Crippen molar-refractivity contribution in [3.8, 4) is 17.2 Å². The normalized spacial score (nSPS) is 10.9. The van der Waals surface area contributed by atoms with Crippen molar-refractivity contribution in [2.24, 2.45) is 7.05 Å². The SMILES string of the molecule is Cn1c2ccc(-c3ccccc3)cc2c2cccc(C#N)c21. The van der Waals surface area contributed by atoms with Gasteiger partial charge >= 0.3 is 0 Å². The van der Waals surface area contributed by atoms with Crippen molar-refractivity contribution in [2.45, 2.75) is 0 Å². The number of rotatable bonds is 1. The Morgan fingerprint density at radius 3 is 2.41 bits per heavy atom. The van der Waals surface area contributed by atoms with Gasteiger partial charge in [0.2, 0.25) is 0 Å². The molecule has 22 heavy (non-hydrogen) atoms. The van der Waals surface area contributed by atoms with Gasteiger partial charge in [-0.15, -0.1) is 0 Å². The minimum absolute atomic E-state index is 0.720. The van der Waals surface area contributed by atoms with Crippen LogP contribution in [0.15, 0.2) is 66.7 Å². The van der Waals surface area contributed by atoms with E-state index in [0.29, 0.717) is 0 Å². The topological polar surface area (TPSA) is 28.7 Å². The molecule has 0 atom stereocenters. The molecule has 4 aromatic rings. The van der Waals surface area contributed by atoms with Gasteiger partial charge in [0.05, 0.1) is 11.1 Å². The average Bonchev–Trinajstić information content (AvgIpc) is 2.88. The maximum Gasteiger partial charge on any atom is 0.101 e. The predicted molar refractivity (Wildman–Crippen MR) is 90.6 cm³/mol. The number of nitrogens with zero attached hydrogens (tertiary/aromatic N) is 2. The Balaban J connectivity index is 2.09. The second-order valence-electron chi connectivity index (χ2n) is 5.47. The van der Waals surface area contributed by atoms with Crippen LogP contribution in [-0.4, -0.2) is 4.57 Å². The molecule has 104 valence electrons. The molecule has 1 aromatic heterocycles. The zero-order chi connectivity index (χ0) is 15.1. The van der Waals surface area contributed by atoms with Gasteiger partial charge in [0.1, 0.15) is 6.07 Å². The predicted octanol–water partition coefficient (Wildman–Crippen LogP) is 4.87. The summed E-state index contributed by atoms with van der Waals surface area (Å²) < 4.78 is 2.11. The summed E-state index contributed by atoms with van der Waals surface area (Å²) in [6.07, 6.45) is 0. The fourth-order valence-corrected chi connectivity index (χ4v) is 3.19. The molecule has 3 aromatic carbocycles. The number of aryl methyl sites for hydroxylation is 1. The van der Waals surface area contributed by atoms with Crippen molar-refractivity contribution in [1.82, 2.24) is 4.57 Å². The van der Waals surface area contributed by atoms with Crippen molar-refractivity contribution < 1.29 is 0 Å². The first-order valence-corrected chi connectivity index (χ1v) is 7.26. The standard InChI is InChI=1S/C20H14N2/c1-22-19-11-10-15(14-6-3-2-4-7-14)12-18(19)17-9-5-8-16(13-21)20(17)22/h2-12H,1H3. The van der Waals surface area contributed by atoms with Gasteiger partial charge in [0.15, 0.2) is 0 Å². The highest BCUT2D eigenvalue weighted by atomic mass is 14.9. The summed E-state index contributed by atoms with van der Waals surface area (Å²) in [7, 11) is 2.02. The number of fused-ring (bicyclic) bond motifs is 3. The van der Waals surface area contributed by atoms with Gasteiger partial charge < -0.3 is 4.57 Å². The van der Waals surface area contributed by atoms with E-state index >= 15 is 0 Å². The summed E-state index contributed by atoms with van der Waals surface area (Å²) in [4.78, 5) is 0. The number of hydrogen-bond acceptors (Lipinski definition) is 1. The van der Waals surface area contributed by atoms with Crippen molar-refractivity contribution in [3.63, 3.8) is 0 Å². The maximum atomic E-state index is 9.35. The Labute approximate surface area is 128 Å². The van der Waals surface area contributed by atoms with Crippen molar-refractivity contribution >= 4 is 21.8 Å². The molecular weight excluding hydrogens is 268 g/mol. The van der Waals surface area contributed by atoms with Gasteiger partial charge in [-0.05, 0) is 29.3 Å². The molecule has 0 saturated heterocycles. The summed E-state index contributed by atoms with van der Waals surface area (Å²) in [5.41, 5.74) is 5.28. The molecule has 0 aliphatic rings. The van der Waals surface area contributed by atoms with E-state index < -0.39 is 0 Å². The minimum atomic E-state index is 0.720. The summed E-state index contributed by atoms with van der Waals surface area (Å²) in [5.74, 6) is 0. The lowest BCUT2D eigenvalue weighted by Crippen LogP contribution is -1.89. The van der Waals surface area contributed by atoms with Gasteiger partial charge in [-0.2, -0.15) is 5.26 Å². The largest absolute Gasteiger partial charge is 0.343 e. The van der Waals surface area contributed by atoms with E-state index in [9.17, 15) is 5.26 Å². The van der Waals surface area contributed by atoms with E-state index in [1.165, 1.54) is 16.5 Å². The Hall–Kier alpha value is -3.05. The first kappa shape index (κ1) is 12.7. The van der Waals surface area contributed by atoms with Crippen LogP contribution < -0.4 is 0 Å². The van der Waals surface area contributed by atoms with Gasteiger partial charge in [0, 0.05) is 23.3 Å². The highest BCUT2D eigenvalue weighted by molar-refractivity contribution is 6.10. The maximum absolute atomic E-state index is 9.35. The molecule has 2 nitrogen and oxygen atoms in total. The Morgan fingerprint density at radius 2 is 1.64 bits per heavy atom. The molecule has 0 radical (unpaired) electrons. The molecule has 1 heterocycles. The van der Waals surface area contributed by atoms with Crippen LogP contribution in [0.25, 0.3) is 32.9 Å². The number of nitriles is 1. The third kappa shape index (κ3) is 1.73. The number of benzene rings is 3. The van der Waals surface area contributed by atoms with Crippen LogP contribution in [0.4, 0.5) is 0 Å². The molecule has 0 saturated carbocycles. The molecule has 0 N–H and O–H groups in total. The average molecular weight is 282 g/mol. The van der Waals surface area contributed by atoms with E-state index in [-0.39, 0.29) is 0 Å². The Kier molecular flexibility index (Phi) is 2.74. The Bertz CT molecular complexity index is 1030. The fourth-order valence-electron chi connectivity index (χ4n) is 3.19. The lowest BCUT2D eigenvalue weighted by molar-refractivity contribution is 1.01. The zero-order valence-corrected chi connectivity index (χ0v) is 12.2. The van der Waals surface area contributed by atoms with Crippen molar-refractivity contribution in [2.75, 3.05) is 0 Å². The summed E-state index contributed by atoms with van der Waals surface area (Å²) in [5, 5.41) is 11.7. The second kappa shape index (κ2) is 4.75. The van der Waals surface area contributed by atoms with Crippen LogP contribution >= 0.6 is 0 Å². The lowest BCUT2D eigenvalue weighted by Gasteiger charge is -2.03. The first-order valence-electron chi connectivity index (χ1n) is 7.26. The van der Waals surface area contributed by atoms with E-state index in [1.807, 2.05) is 25.2 Å². The highest BCUT2D eigenvalue weighted by Crippen LogP contribution is 2.33. The molecular formula is C20H14N2. The van der Waals surface area contributed by atoms with E-state index in [1.54, 1.807) is 0 Å². The number of aromatic nitrogens is 1. The van der Waals surface area contributed by atoms with E-state index in [0.717, 1.165) is 22.0 Å². The van der Waals surface area contributed by atoms with Gasteiger partial charge in [0.25, 0.3) is 0 Å². The second-order valence-corrected chi connectivity index (χ2v) is 5.47. The molecule has 0 bridgehead atoms. The minimum Gasteiger partial charge on any atom is -0.343 e. The molecule has 0 amide bonds. The molecule has 2 heteroatoms.